The van der Waals surface area contributed by atoms with Gasteiger partial charge in [0, 0.05) is 18.3 Å². The topological polar surface area (TPSA) is 51.2 Å². The molecule has 1 N–H and O–H groups in total. The smallest absolute Gasteiger partial charge is 0.251 e. The van der Waals surface area contributed by atoms with Crippen molar-refractivity contribution in [3.63, 3.8) is 0 Å². The standard InChI is InChI=1S/C19H15ClN2O2/c20-18-12-15(10-11-21-18)19(23)22-13-14-6-8-17(9-7-14)24-16-4-2-1-3-5-16/h1-12H,13H2,(H,22,23). The summed E-state index contributed by atoms with van der Waals surface area (Å²) in [5, 5.41) is 3.14. The quantitative estimate of drug-likeness (QED) is 0.699. The predicted molar refractivity (Wildman–Crippen MR) is 93.4 cm³/mol. The lowest BCUT2D eigenvalue weighted by Gasteiger charge is -2.08. The molecule has 2 aromatic carbocycles. The van der Waals surface area contributed by atoms with Crippen molar-refractivity contribution < 1.29 is 9.53 Å². The van der Waals surface area contributed by atoms with Gasteiger partial charge in [-0.15, -0.1) is 0 Å². The molecule has 3 rings (SSSR count). The number of hydrogen-bond acceptors (Lipinski definition) is 3. The molecule has 1 aromatic heterocycles. The summed E-state index contributed by atoms with van der Waals surface area (Å²) in [5.74, 6) is 1.34. The minimum absolute atomic E-state index is 0.191. The summed E-state index contributed by atoms with van der Waals surface area (Å²) < 4.78 is 5.73. The third-order valence-electron chi connectivity index (χ3n) is 3.34. The van der Waals surface area contributed by atoms with Crippen molar-refractivity contribution in [2.75, 3.05) is 0 Å². The molecule has 5 heteroatoms. The van der Waals surface area contributed by atoms with E-state index < -0.39 is 0 Å². The van der Waals surface area contributed by atoms with E-state index in [2.05, 4.69) is 10.3 Å². The van der Waals surface area contributed by atoms with Crippen molar-refractivity contribution in [1.29, 1.82) is 0 Å². The summed E-state index contributed by atoms with van der Waals surface area (Å²) in [7, 11) is 0. The zero-order valence-electron chi connectivity index (χ0n) is 12.8. The summed E-state index contributed by atoms with van der Waals surface area (Å²) in [6, 6.07) is 20.3. The van der Waals surface area contributed by atoms with E-state index in [-0.39, 0.29) is 5.91 Å². The van der Waals surface area contributed by atoms with Gasteiger partial charge in [0.05, 0.1) is 0 Å². The first-order chi connectivity index (χ1) is 11.7. The Kier molecular flexibility index (Phi) is 5.08. The number of pyridine rings is 1. The van der Waals surface area contributed by atoms with Gasteiger partial charge in [-0.1, -0.05) is 41.9 Å². The number of amides is 1. The summed E-state index contributed by atoms with van der Waals surface area (Å²) in [6.07, 6.45) is 1.51. The van der Waals surface area contributed by atoms with Crippen LogP contribution < -0.4 is 10.1 Å². The lowest BCUT2D eigenvalue weighted by Crippen LogP contribution is -2.22. The second-order valence-corrected chi connectivity index (χ2v) is 5.50. The highest BCUT2D eigenvalue weighted by Crippen LogP contribution is 2.21. The van der Waals surface area contributed by atoms with Gasteiger partial charge in [0.25, 0.3) is 5.91 Å². The molecule has 0 unspecified atom stereocenters. The number of ether oxygens (including phenoxy) is 1. The number of rotatable bonds is 5. The van der Waals surface area contributed by atoms with Gasteiger partial charge in [-0.3, -0.25) is 4.79 Å². The third-order valence-corrected chi connectivity index (χ3v) is 3.55. The third kappa shape index (κ3) is 4.33. The average molecular weight is 339 g/mol. The highest BCUT2D eigenvalue weighted by atomic mass is 35.5. The molecule has 0 fully saturated rings. The first-order valence-corrected chi connectivity index (χ1v) is 7.80. The highest BCUT2D eigenvalue weighted by molar-refractivity contribution is 6.29. The van der Waals surface area contributed by atoms with Crippen LogP contribution in [0.3, 0.4) is 0 Å². The van der Waals surface area contributed by atoms with Crippen molar-refractivity contribution in [1.82, 2.24) is 10.3 Å². The lowest BCUT2D eigenvalue weighted by atomic mass is 10.2. The number of halogens is 1. The Morgan fingerprint density at radius 3 is 2.42 bits per heavy atom. The van der Waals surface area contributed by atoms with E-state index in [1.54, 1.807) is 6.07 Å². The number of nitrogens with zero attached hydrogens (tertiary/aromatic N) is 1. The SMILES string of the molecule is O=C(NCc1ccc(Oc2ccccc2)cc1)c1ccnc(Cl)c1. The number of carbonyl (C=O) groups is 1. The molecule has 0 atom stereocenters. The zero-order chi connectivity index (χ0) is 16.8. The highest BCUT2D eigenvalue weighted by Gasteiger charge is 2.06. The summed E-state index contributed by atoms with van der Waals surface area (Å²) in [4.78, 5) is 15.9. The Balaban J connectivity index is 1.57. The summed E-state index contributed by atoms with van der Waals surface area (Å²) in [6.45, 7) is 0.421. The Labute approximate surface area is 145 Å². The van der Waals surface area contributed by atoms with Crippen LogP contribution in [0.4, 0.5) is 0 Å². The molecule has 0 aliphatic carbocycles. The van der Waals surface area contributed by atoms with E-state index in [4.69, 9.17) is 16.3 Å². The van der Waals surface area contributed by atoms with Crippen LogP contribution in [-0.4, -0.2) is 10.9 Å². The van der Waals surface area contributed by atoms with Crippen LogP contribution in [0.2, 0.25) is 5.15 Å². The molecule has 0 spiro atoms. The fourth-order valence-corrected chi connectivity index (χ4v) is 2.30. The molecule has 0 radical (unpaired) electrons. The molecule has 120 valence electrons. The normalized spacial score (nSPS) is 10.2. The van der Waals surface area contributed by atoms with E-state index in [9.17, 15) is 4.79 Å². The number of hydrogen-bond donors (Lipinski definition) is 1. The number of para-hydroxylation sites is 1. The van der Waals surface area contributed by atoms with E-state index in [0.29, 0.717) is 17.3 Å². The van der Waals surface area contributed by atoms with Crippen LogP contribution in [0.5, 0.6) is 11.5 Å². The van der Waals surface area contributed by atoms with Gasteiger partial charge in [0.2, 0.25) is 0 Å². The van der Waals surface area contributed by atoms with Gasteiger partial charge in [0.15, 0.2) is 0 Å². The largest absolute Gasteiger partial charge is 0.457 e. The van der Waals surface area contributed by atoms with E-state index in [1.807, 2.05) is 54.6 Å². The molecule has 4 nitrogen and oxygen atoms in total. The van der Waals surface area contributed by atoms with Gasteiger partial charge < -0.3 is 10.1 Å². The predicted octanol–water partition coefficient (Wildman–Crippen LogP) is 4.46. The number of aromatic nitrogens is 1. The number of nitrogens with one attached hydrogen (secondary N) is 1. The first kappa shape index (κ1) is 16.0. The van der Waals surface area contributed by atoms with Crippen LogP contribution in [-0.2, 0) is 6.54 Å². The van der Waals surface area contributed by atoms with Crippen LogP contribution in [0.1, 0.15) is 15.9 Å². The van der Waals surface area contributed by atoms with Crippen molar-refractivity contribution in [2.45, 2.75) is 6.54 Å². The molecule has 0 saturated heterocycles. The lowest BCUT2D eigenvalue weighted by molar-refractivity contribution is 0.0951. The van der Waals surface area contributed by atoms with E-state index in [1.165, 1.54) is 12.3 Å². The Bertz CT molecular complexity index is 820. The van der Waals surface area contributed by atoms with Gasteiger partial charge in [-0.25, -0.2) is 4.98 Å². The molecule has 0 bridgehead atoms. The molecule has 24 heavy (non-hydrogen) atoms. The van der Waals surface area contributed by atoms with Crippen molar-refractivity contribution >= 4 is 17.5 Å². The summed E-state index contributed by atoms with van der Waals surface area (Å²) >= 11 is 5.78. The Morgan fingerprint density at radius 2 is 1.71 bits per heavy atom. The van der Waals surface area contributed by atoms with Crippen LogP contribution >= 0.6 is 11.6 Å². The van der Waals surface area contributed by atoms with Crippen LogP contribution in [0.25, 0.3) is 0 Å². The van der Waals surface area contributed by atoms with Crippen LogP contribution in [0.15, 0.2) is 72.9 Å². The molecule has 3 aromatic rings. The van der Waals surface area contributed by atoms with Crippen molar-refractivity contribution in [2.24, 2.45) is 0 Å². The second kappa shape index (κ2) is 7.62. The number of carbonyl (C=O) groups excluding carboxylic acids is 1. The van der Waals surface area contributed by atoms with Crippen LogP contribution in [0, 0.1) is 0 Å². The average Bonchev–Trinajstić information content (AvgIpc) is 2.62. The van der Waals surface area contributed by atoms with Crippen molar-refractivity contribution in [3.05, 3.63) is 89.2 Å². The van der Waals surface area contributed by atoms with Gasteiger partial charge in [0.1, 0.15) is 16.7 Å². The van der Waals surface area contributed by atoms with Gasteiger partial charge in [-0.2, -0.15) is 0 Å². The maximum Gasteiger partial charge on any atom is 0.251 e. The fourth-order valence-electron chi connectivity index (χ4n) is 2.13. The Hall–Kier alpha value is -2.85. The van der Waals surface area contributed by atoms with E-state index in [0.717, 1.165) is 17.1 Å². The molecular formula is C19H15ClN2O2. The molecule has 1 heterocycles. The van der Waals surface area contributed by atoms with Gasteiger partial charge >= 0.3 is 0 Å². The summed E-state index contributed by atoms with van der Waals surface area (Å²) in [5.41, 5.74) is 1.46. The Morgan fingerprint density at radius 1 is 1.00 bits per heavy atom. The molecule has 0 aliphatic rings. The fraction of sp³-hybridized carbons (Fsp3) is 0.0526. The molecule has 0 saturated carbocycles. The molecular weight excluding hydrogens is 324 g/mol. The number of benzene rings is 2. The zero-order valence-corrected chi connectivity index (χ0v) is 13.5. The monoisotopic (exact) mass is 338 g/mol. The minimum Gasteiger partial charge on any atom is -0.457 e. The van der Waals surface area contributed by atoms with E-state index >= 15 is 0 Å². The molecule has 1 amide bonds. The minimum atomic E-state index is -0.191. The molecule has 0 aliphatic heterocycles. The first-order valence-electron chi connectivity index (χ1n) is 7.42. The van der Waals surface area contributed by atoms with Gasteiger partial charge in [-0.05, 0) is 42.0 Å². The maximum absolute atomic E-state index is 12.1. The second-order valence-electron chi connectivity index (χ2n) is 5.11. The maximum atomic E-state index is 12.1. The van der Waals surface area contributed by atoms with Crippen molar-refractivity contribution in [3.8, 4) is 11.5 Å².